The molecule has 0 unspecified atom stereocenters. The van der Waals surface area contributed by atoms with E-state index in [0.717, 1.165) is 16.7 Å². The summed E-state index contributed by atoms with van der Waals surface area (Å²) in [6.07, 6.45) is -2.22. The highest BCUT2D eigenvalue weighted by molar-refractivity contribution is 7.99. The SMILES string of the molecule is CC(=O)O[C@@H](C)C(=O)Nc1ccc([C@@H]2O[C@H](CSc3nnnn3-c3ccc(O)cc3)[C@H](C)[C@H](c3ccc(CO)cc3)O2)cc1. The van der Waals surface area contributed by atoms with Crippen molar-refractivity contribution >= 4 is 29.3 Å². The summed E-state index contributed by atoms with van der Waals surface area (Å²) in [6, 6.07) is 21.4. The number of thioether (sulfide) groups is 1. The van der Waals surface area contributed by atoms with E-state index in [1.54, 1.807) is 41.1 Å². The molecule has 1 aromatic heterocycles. The number of carbonyl (C=O) groups excluding carboxylic acids is 2. The number of aliphatic hydroxyl groups is 1. The van der Waals surface area contributed by atoms with Gasteiger partial charge in [0.15, 0.2) is 12.4 Å². The minimum atomic E-state index is -0.926. The lowest BCUT2D eigenvalue weighted by Crippen LogP contribution is -2.38. The zero-order chi connectivity index (χ0) is 31.2. The van der Waals surface area contributed by atoms with Gasteiger partial charge in [-0.2, -0.15) is 4.68 Å². The van der Waals surface area contributed by atoms with Crippen LogP contribution in [0.2, 0.25) is 0 Å². The van der Waals surface area contributed by atoms with Crippen LogP contribution in [0.25, 0.3) is 5.69 Å². The van der Waals surface area contributed by atoms with Gasteiger partial charge in [0.1, 0.15) is 5.75 Å². The van der Waals surface area contributed by atoms with Gasteiger partial charge in [-0.05, 0) is 64.9 Å². The third-order valence-electron chi connectivity index (χ3n) is 7.20. The van der Waals surface area contributed by atoms with E-state index in [1.807, 2.05) is 36.4 Å². The number of carbonyl (C=O) groups is 2. The summed E-state index contributed by atoms with van der Waals surface area (Å²) in [4.78, 5) is 23.6. The number of hydrogen-bond acceptors (Lipinski definition) is 11. The lowest BCUT2D eigenvalue weighted by Gasteiger charge is -2.41. The number of tetrazole rings is 1. The molecule has 5 rings (SSSR count). The van der Waals surface area contributed by atoms with Gasteiger partial charge in [0, 0.05) is 29.8 Å². The third kappa shape index (κ3) is 7.42. The molecule has 1 aliphatic heterocycles. The molecule has 13 heteroatoms. The monoisotopic (exact) mass is 619 g/mol. The van der Waals surface area contributed by atoms with Crippen LogP contribution in [0, 0.1) is 5.92 Å². The summed E-state index contributed by atoms with van der Waals surface area (Å²) in [5, 5.41) is 34.6. The fourth-order valence-corrected chi connectivity index (χ4v) is 5.82. The third-order valence-corrected chi connectivity index (χ3v) is 8.21. The summed E-state index contributed by atoms with van der Waals surface area (Å²) < 4.78 is 19.6. The summed E-state index contributed by atoms with van der Waals surface area (Å²) in [5.41, 5.74) is 3.76. The van der Waals surface area contributed by atoms with E-state index in [1.165, 1.54) is 25.6 Å². The first-order valence-corrected chi connectivity index (χ1v) is 15.0. The van der Waals surface area contributed by atoms with E-state index >= 15 is 0 Å². The number of esters is 1. The van der Waals surface area contributed by atoms with Gasteiger partial charge in [-0.15, -0.1) is 5.10 Å². The number of anilines is 1. The average molecular weight is 620 g/mol. The van der Waals surface area contributed by atoms with Gasteiger partial charge in [-0.25, -0.2) is 0 Å². The zero-order valence-corrected chi connectivity index (χ0v) is 25.2. The van der Waals surface area contributed by atoms with Crippen LogP contribution in [0.15, 0.2) is 78.0 Å². The molecule has 44 heavy (non-hydrogen) atoms. The number of ether oxygens (including phenoxy) is 3. The normalized spacial score (nSPS) is 20.5. The first-order chi connectivity index (χ1) is 21.2. The van der Waals surface area contributed by atoms with Crippen LogP contribution in [0.1, 0.15) is 49.9 Å². The van der Waals surface area contributed by atoms with Crippen LogP contribution in [0.5, 0.6) is 5.75 Å². The van der Waals surface area contributed by atoms with Gasteiger partial charge in [0.2, 0.25) is 5.16 Å². The van der Waals surface area contributed by atoms with Crippen molar-refractivity contribution in [3.63, 3.8) is 0 Å². The molecule has 0 bridgehead atoms. The van der Waals surface area contributed by atoms with Gasteiger partial charge in [0.05, 0.1) is 24.5 Å². The van der Waals surface area contributed by atoms with Crippen molar-refractivity contribution in [1.82, 2.24) is 20.2 Å². The molecule has 4 aromatic rings. The number of aliphatic hydroxyl groups excluding tert-OH is 1. The molecule has 3 N–H and O–H groups in total. The van der Waals surface area contributed by atoms with Gasteiger partial charge in [-0.3, -0.25) is 9.59 Å². The van der Waals surface area contributed by atoms with Crippen molar-refractivity contribution in [2.75, 3.05) is 11.1 Å². The van der Waals surface area contributed by atoms with E-state index < -0.39 is 24.3 Å². The van der Waals surface area contributed by atoms with Gasteiger partial charge in [0.25, 0.3) is 5.91 Å². The molecule has 1 amide bonds. The van der Waals surface area contributed by atoms with Gasteiger partial charge >= 0.3 is 5.97 Å². The minimum Gasteiger partial charge on any atom is -0.508 e. The van der Waals surface area contributed by atoms with Crippen molar-refractivity contribution < 1.29 is 34.0 Å². The standard InChI is InChI=1S/C31H33N5O7S/c1-18-27(17-44-31-33-34-35-36(31)25-12-14-26(39)15-13-25)42-30(43-28(18)22-6-4-21(16-37)5-7-22)23-8-10-24(11-9-23)32-29(40)19(2)41-20(3)38/h4-15,18-19,27-28,30,37,39H,16-17H2,1-3H3,(H,32,40)/t18-,19-,27+,28+,30+/m0/s1. The average Bonchev–Trinajstić information content (AvgIpc) is 3.49. The molecule has 0 aliphatic carbocycles. The molecular weight excluding hydrogens is 586 g/mol. The molecule has 0 spiro atoms. The predicted molar refractivity (Wildman–Crippen MR) is 161 cm³/mol. The maximum Gasteiger partial charge on any atom is 0.303 e. The molecular formula is C31H33N5O7S. The molecule has 12 nitrogen and oxygen atoms in total. The van der Waals surface area contributed by atoms with E-state index in [9.17, 15) is 19.8 Å². The Morgan fingerprint density at radius 1 is 1.02 bits per heavy atom. The number of rotatable bonds is 10. The number of amides is 1. The van der Waals surface area contributed by atoms with Crippen molar-refractivity contribution in [3.8, 4) is 11.4 Å². The van der Waals surface area contributed by atoms with Gasteiger partial charge in [-0.1, -0.05) is 55.1 Å². The van der Waals surface area contributed by atoms with Crippen molar-refractivity contribution in [2.24, 2.45) is 5.92 Å². The van der Waals surface area contributed by atoms with Crippen LogP contribution in [0.4, 0.5) is 5.69 Å². The van der Waals surface area contributed by atoms with Crippen LogP contribution in [-0.4, -0.2) is 60.3 Å². The number of nitrogens with one attached hydrogen (secondary N) is 1. The Labute approximate surface area is 258 Å². The maximum absolute atomic E-state index is 12.4. The van der Waals surface area contributed by atoms with Crippen LogP contribution < -0.4 is 5.32 Å². The topological polar surface area (TPSA) is 158 Å². The Morgan fingerprint density at radius 3 is 2.36 bits per heavy atom. The minimum absolute atomic E-state index is 0.0509. The molecule has 1 aliphatic rings. The Kier molecular flexibility index (Phi) is 9.90. The van der Waals surface area contributed by atoms with Crippen LogP contribution >= 0.6 is 11.8 Å². The Bertz CT molecular complexity index is 1560. The smallest absolute Gasteiger partial charge is 0.303 e. The summed E-state index contributed by atoms with van der Waals surface area (Å²) >= 11 is 1.45. The molecule has 230 valence electrons. The summed E-state index contributed by atoms with van der Waals surface area (Å²) in [5.74, 6) is -0.360. The Morgan fingerprint density at radius 2 is 1.70 bits per heavy atom. The van der Waals surface area contributed by atoms with Crippen molar-refractivity contribution in [1.29, 1.82) is 0 Å². The number of aromatic nitrogens is 4. The fraction of sp³-hybridized carbons (Fsp3) is 0.323. The summed E-state index contributed by atoms with van der Waals surface area (Å²) in [6.45, 7) is 4.77. The number of phenols is 1. The molecule has 0 saturated carbocycles. The first-order valence-electron chi connectivity index (χ1n) is 14.0. The van der Waals surface area contributed by atoms with Crippen LogP contribution in [-0.2, 0) is 30.4 Å². The second-order valence-corrected chi connectivity index (χ2v) is 11.4. The highest BCUT2D eigenvalue weighted by atomic mass is 32.2. The zero-order valence-electron chi connectivity index (χ0n) is 24.4. The van der Waals surface area contributed by atoms with Gasteiger partial charge < -0.3 is 29.7 Å². The van der Waals surface area contributed by atoms with E-state index in [2.05, 4.69) is 27.8 Å². The number of nitrogens with zero attached hydrogens (tertiary/aromatic N) is 4. The maximum atomic E-state index is 12.4. The highest BCUT2D eigenvalue weighted by Crippen LogP contribution is 2.43. The van der Waals surface area contributed by atoms with E-state index in [4.69, 9.17) is 14.2 Å². The van der Waals surface area contributed by atoms with E-state index in [0.29, 0.717) is 22.3 Å². The Hall–Kier alpha value is -4.30. The second kappa shape index (κ2) is 14.0. The first kappa shape index (κ1) is 31.1. The molecule has 3 aromatic carbocycles. The molecule has 1 fully saturated rings. The quantitative estimate of drug-likeness (QED) is 0.171. The molecule has 5 atom stereocenters. The highest BCUT2D eigenvalue weighted by Gasteiger charge is 2.38. The number of benzene rings is 3. The molecule has 0 radical (unpaired) electrons. The Balaban J connectivity index is 1.34. The second-order valence-electron chi connectivity index (χ2n) is 10.4. The number of aromatic hydroxyl groups is 1. The summed E-state index contributed by atoms with van der Waals surface area (Å²) in [7, 11) is 0. The lowest BCUT2D eigenvalue weighted by atomic mass is 9.91. The number of phenolic OH excluding ortho intramolecular Hbond substituents is 1. The largest absolute Gasteiger partial charge is 0.508 e. The number of hydrogen-bond donors (Lipinski definition) is 3. The molecule has 1 saturated heterocycles. The lowest BCUT2D eigenvalue weighted by molar-refractivity contribution is -0.268. The van der Waals surface area contributed by atoms with Crippen LogP contribution in [0.3, 0.4) is 0 Å². The van der Waals surface area contributed by atoms with Crippen molar-refractivity contribution in [3.05, 3.63) is 89.5 Å². The van der Waals surface area contributed by atoms with E-state index in [-0.39, 0.29) is 30.5 Å². The van der Waals surface area contributed by atoms with Crippen molar-refractivity contribution in [2.45, 2.75) is 57.1 Å². The molecule has 2 heterocycles. The fourth-order valence-electron chi connectivity index (χ4n) is 4.76. The predicted octanol–water partition coefficient (Wildman–Crippen LogP) is 4.33.